The maximum atomic E-state index is 12.7. The molecule has 0 fully saturated rings. The summed E-state index contributed by atoms with van der Waals surface area (Å²) >= 11 is 4.89. The van der Waals surface area contributed by atoms with E-state index in [0.29, 0.717) is 21.3 Å². The smallest absolute Gasteiger partial charge is 0.266 e. The average molecular weight is 495 g/mol. The number of hydrogen-bond donors (Lipinski definition) is 1. The van der Waals surface area contributed by atoms with Gasteiger partial charge < -0.3 is 5.32 Å². The Morgan fingerprint density at radius 1 is 1.16 bits per heavy atom. The first-order valence-electron chi connectivity index (χ1n) is 9.33. The summed E-state index contributed by atoms with van der Waals surface area (Å²) < 4.78 is 4.31. The summed E-state index contributed by atoms with van der Waals surface area (Å²) in [7, 11) is 1.70. The third kappa shape index (κ3) is 3.64. The van der Waals surface area contributed by atoms with E-state index in [1.165, 1.54) is 15.6 Å². The quantitative estimate of drug-likeness (QED) is 0.409. The summed E-state index contributed by atoms with van der Waals surface area (Å²) in [5, 5.41) is 8.22. The van der Waals surface area contributed by atoms with Crippen molar-refractivity contribution in [2.45, 2.75) is 6.54 Å². The number of carbonyl (C=O) groups is 1. The van der Waals surface area contributed by atoms with E-state index in [0.717, 1.165) is 20.8 Å². The van der Waals surface area contributed by atoms with Gasteiger partial charge in [0.15, 0.2) is 5.65 Å². The first-order chi connectivity index (χ1) is 15.0. The van der Waals surface area contributed by atoms with Crippen molar-refractivity contribution < 1.29 is 4.79 Å². The van der Waals surface area contributed by atoms with Gasteiger partial charge in [-0.15, -0.1) is 11.3 Å². The second-order valence-electron chi connectivity index (χ2n) is 6.90. The van der Waals surface area contributed by atoms with Crippen molar-refractivity contribution >= 4 is 60.1 Å². The van der Waals surface area contributed by atoms with Crippen LogP contribution in [0.25, 0.3) is 31.8 Å². The summed E-state index contributed by atoms with van der Waals surface area (Å²) in [5.41, 5.74) is 2.72. The van der Waals surface area contributed by atoms with Crippen LogP contribution in [0.1, 0.15) is 0 Å². The minimum atomic E-state index is -0.327. The average Bonchev–Trinajstić information content (AvgIpc) is 3.31. The lowest BCUT2D eigenvalue weighted by atomic mass is 10.2. The number of aryl methyl sites for hydroxylation is 1. The van der Waals surface area contributed by atoms with Crippen molar-refractivity contribution in [1.82, 2.24) is 24.3 Å². The van der Waals surface area contributed by atoms with Gasteiger partial charge in [0.05, 0.1) is 10.2 Å². The van der Waals surface area contributed by atoms with Crippen molar-refractivity contribution in [2.24, 2.45) is 7.05 Å². The number of benzene rings is 2. The molecule has 0 aliphatic carbocycles. The Kier molecular flexibility index (Phi) is 4.87. The zero-order chi connectivity index (χ0) is 21.5. The maximum Gasteiger partial charge on any atom is 0.266 e. The Bertz CT molecular complexity index is 1470. The monoisotopic (exact) mass is 494 g/mol. The van der Waals surface area contributed by atoms with Gasteiger partial charge in [-0.3, -0.25) is 14.2 Å². The molecule has 5 rings (SSSR count). The van der Waals surface area contributed by atoms with E-state index < -0.39 is 0 Å². The molecule has 31 heavy (non-hydrogen) atoms. The summed E-state index contributed by atoms with van der Waals surface area (Å²) in [6, 6.07) is 15.5. The molecule has 0 saturated heterocycles. The Labute approximate surface area is 188 Å². The third-order valence-electron chi connectivity index (χ3n) is 4.79. The van der Waals surface area contributed by atoms with Crippen molar-refractivity contribution in [3.05, 3.63) is 69.8 Å². The van der Waals surface area contributed by atoms with Crippen LogP contribution >= 0.6 is 27.3 Å². The van der Waals surface area contributed by atoms with Crippen LogP contribution in [-0.2, 0) is 18.4 Å². The predicted molar refractivity (Wildman–Crippen MR) is 124 cm³/mol. The fourth-order valence-electron chi connectivity index (χ4n) is 3.30. The Hall–Kier alpha value is -3.37. The molecular formula is C21H15BrN6O2S. The molecule has 0 bridgehead atoms. The normalized spacial score (nSPS) is 11.3. The fraction of sp³-hybridized carbons (Fsp3) is 0.0952. The van der Waals surface area contributed by atoms with Crippen LogP contribution in [0.15, 0.2) is 64.3 Å². The van der Waals surface area contributed by atoms with Gasteiger partial charge in [0.1, 0.15) is 27.9 Å². The Morgan fingerprint density at radius 3 is 2.71 bits per heavy atom. The lowest BCUT2D eigenvalue weighted by Gasteiger charge is -2.08. The molecule has 0 aliphatic heterocycles. The number of rotatable bonds is 4. The molecule has 0 unspecified atom stereocenters. The fourth-order valence-corrected chi connectivity index (χ4v) is 4.85. The highest BCUT2D eigenvalue weighted by atomic mass is 79.9. The molecule has 0 radical (unpaired) electrons. The molecule has 0 aliphatic rings. The van der Waals surface area contributed by atoms with Gasteiger partial charge >= 0.3 is 0 Å². The molecule has 8 nitrogen and oxygen atoms in total. The zero-order valence-electron chi connectivity index (χ0n) is 16.2. The van der Waals surface area contributed by atoms with Crippen LogP contribution in [-0.4, -0.2) is 30.2 Å². The van der Waals surface area contributed by atoms with E-state index in [9.17, 15) is 9.59 Å². The number of carbonyl (C=O) groups excluding carboxylic acids is 1. The molecule has 154 valence electrons. The van der Waals surface area contributed by atoms with E-state index in [1.54, 1.807) is 18.4 Å². The first kappa shape index (κ1) is 19.6. The Balaban J connectivity index is 1.33. The largest absolute Gasteiger partial charge is 0.325 e. The summed E-state index contributed by atoms with van der Waals surface area (Å²) in [6.45, 7) is -0.150. The number of anilines is 1. The number of fused-ring (bicyclic) bond motifs is 2. The summed E-state index contributed by atoms with van der Waals surface area (Å²) in [4.78, 5) is 34.1. The molecule has 3 aromatic heterocycles. The lowest BCUT2D eigenvalue weighted by Crippen LogP contribution is -2.28. The van der Waals surface area contributed by atoms with Crippen molar-refractivity contribution in [3.63, 3.8) is 0 Å². The minimum absolute atomic E-state index is 0.150. The SMILES string of the molecule is Cn1nc(Br)c2c(=O)n(CC(=O)Nc3ccc(-c4nc5ccccc5s4)cc3)cnc21. The number of nitrogens with one attached hydrogen (secondary N) is 1. The molecule has 1 N–H and O–H groups in total. The van der Waals surface area contributed by atoms with Crippen molar-refractivity contribution in [2.75, 3.05) is 5.32 Å². The van der Waals surface area contributed by atoms with Gasteiger partial charge in [-0.05, 0) is 52.3 Å². The third-order valence-corrected chi connectivity index (χ3v) is 6.43. The lowest BCUT2D eigenvalue weighted by molar-refractivity contribution is -0.116. The van der Waals surface area contributed by atoms with Gasteiger partial charge in [0, 0.05) is 18.3 Å². The zero-order valence-corrected chi connectivity index (χ0v) is 18.6. The molecule has 5 aromatic rings. The highest BCUT2D eigenvalue weighted by Crippen LogP contribution is 2.30. The van der Waals surface area contributed by atoms with Crippen LogP contribution in [0.2, 0.25) is 0 Å². The number of aromatic nitrogens is 5. The molecular weight excluding hydrogens is 480 g/mol. The topological polar surface area (TPSA) is 94.7 Å². The number of amides is 1. The van der Waals surface area contributed by atoms with E-state index in [4.69, 9.17) is 0 Å². The summed E-state index contributed by atoms with van der Waals surface area (Å²) in [5.74, 6) is -0.323. The standard InChI is InChI=1S/C21H15BrN6O2S/c1-27-19-17(18(22)26-27)21(30)28(11-23-19)10-16(29)24-13-8-6-12(7-9-13)20-25-14-4-2-3-5-15(14)31-20/h2-9,11H,10H2,1H3,(H,24,29). The summed E-state index contributed by atoms with van der Waals surface area (Å²) in [6.07, 6.45) is 1.36. The van der Waals surface area contributed by atoms with Crippen LogP contribution in [0.5, 0.6) is 0 Å². The Morgan fingerprint density at radius 2 is 1.94 bits per heavy atom. The molecule has 1 amide bonds. The molecule has 0 atom stereocenters. The van der Waals surface area contributed by atoms with Gasteiger partial charge in [-0.1, -0.05) is 12.1 Å². The van der Waals surface area contributed by atoms with Gasteiger partial charge in [0.25, 0.3) is 5.56 Å². The molecule has 0 spiro atoms. The molecule has 10 heteroatoms. The number of thiazole rings is 1. The molecule has 3 heterocycles. The van der Waals surface area contributed by atoms with E-state index >= 15 is 0 Å². The second kappa shape index (κ2) is 7.71. The second-order valence-corrected chi connectivity index (χ2v) is 8.68. The van der Waals surface area contributed by atoms with E-state index in [-0.39, 0.29) is 18.0 Å². The highest BCUT2D eigenvalue weighted by molar-refractivity contribution is 9.10. The number of hydrogen-bond acceptors (Lipinski definition) is 6. The first-order valence-corrected chi connectivity index (χ1v) is 10.9. The number of para-hydroxylation sites is 1. The van der Waals surface area contributed by atoms with Gasteiger partial charge in [0.2, 0.25) is 5.91 Å². The minimum Gasteiger partial charge on any atom is -0.325 e. The predicted octanol–water partition coefficient (Wildman–Crippen LogP) is 3.81. The van der Waals surface area contributed by atoms with Crippen LogP contribution < -0.4 is 10.9 Å². The number of nitrogens with zero attached hydrogens (tertiary/aromatic N) is 5. The van der Waals surface area contributed by atoms with Crippen LogP contribution in [0.3, 0.4) is 0 Å². The van der Waals surface area contributed by atoms with Crippen molar-refractivity contribution in [3.8, 4) is 10.6 Å². The molecule has 2 aromatic carbocycles. The molecule has 0 saturated carbocycles. The van der Waals surface area contributed by atoms with Gasteiger partial charge in [-0.2, -0.15) is 5.10 Å². The van der Waals surface area contributed by atoms with Gasteiger partial charge in [-0.25, -0.2) is 14.6 Å². The van der Waals surface area contributed by atoms with Crippen LogP contribution in [0.4, 0.5) is 5.69 Å². The van der Waals surface area contributed by atoms with Crippen molar-refractivity contribution in [1.29, 1.82) is 0 Å². The number of halogens is 1. The highest BCUT2D eigenvalue weighted by Gasteiger charge is 2.15. The van der Waals surface area contributed by atoms with E-state index in [2.05, 4.69) is 36.3 Å². The maximum absolute atomic E-state index is 12.7. The van der Waals surface area contributed by atoms with E-state index in [1.807, 2.05) is 48.5 Å². The van der Waals surface area contributed by atoms with Crippen LogP contribution in [0, 0.1) is 0 Å².